The van der Waals surface area contributed by atoms with Gasteiger partial charge in [-0.25, -0.2) is 0 Å². The normalized spacial score (nSPS) is 22.4. The van der Waals surface area contributed by atoms with Gasteiger partial charge in [-0.15, -0.1) is 0 Å². The molecule has 1 atom stereocenters. The van der Waals surface area contributed by atoms with E-state index in [-0.39, 0.29) is 12.6 Å². The highest BCUT2D eigenvalue weighted by Gasteiger charge is 2.21. The van der Waals surface area contributed by atoms with Gasteiger partial charge in [-0.1, -0.05) is 12.1 Å². The van der Waals surface area contributed by atoms with E-state index in [9.17, 15) is 5.11 Å². The Morgan fingerprint density at radius 3 is 3.00 bits per heavy atom. The molecule has 0 bridgehead atoms. The third kappa shape index (κ3) is 1.89. The maximum absolute atomic E-state index is 9.19. The number of ether oxygens (including phenoxy) is 1. The third-order valence-corrected chi connectivity index (χ3v) is 2.47. The van der Waals surface area contributed by atoms with Crippen molar-refractivity contribution in [1.82, 2.24) is 0 Å². The van der Waals surface area contributed by atoms with Gasteiger partial charge in [0.15, 0.2) is 0 Å². The summed E-state index contributed by atoms with van der Waals surface area (Å²) >= 11 is 0. The first-order chi connectivity index (χ1) is 6.92. The summed E-state index contributed by atoms with van der Waals surface area (Å²) in [5, 5.41) is 9.19. The minimum Gasteiger partial charge on any atom is -0.394 e. The molecule has 0 spiro atoms. The molecule has 0 saturated carbocycles. The number of hydrogen-bond acceptors (Lipinski definition) is 3. The van der Waals surface area contributed by atoms with E-state index in [0.717, 1.165) is 18.8 Å². The summed E-state index contributed by atoms with van der Waals surface area (Å²) in [4.78, 5) is 2.18. The molecule has 3 nitrogen and oxygen atoms in total. The second-order valence-corrected chi connectivity index (χ2v) is 3.36. The zero-order valence-electron chi connectivity index (χ0n) is 8.02. The highest BCUT2D eigenvalue weighted by molar-refractivity contribution is 5.47. The molecule has 1 unspecified atom stereocenters. The van der Waals surface area contributed by atoms with Crippen molar-refractivity contribution in [1.29, 1.82) is 0 Å². The largest absolute Gasteiger partial charge is 0.394 e. The van der Waals surface area contributed by atoms with Gasteiger partial charge in [0.2, 0.25) is 0 Å². The maximum Gasteiger partial charge on any atom is 0.0755 e. The van der Waals surface area contributed by atoms with Crippen LogP contribution in [0.25, 0.3) is 0 Å². The molecule has 1 saturated heterocycles. The van der Waals surface area contributed by atoms with Crippen molar-refractivity contribution in [2.75, 3.05) is 31.3 Å². The highest BCUT2D eigenvalue weighted by Crippen LogP contribution is 2.18. The van der Waals surface area contributed by atoms with Crippen LogP contribution < -0.4 is 4.90 Å². The van der Waals surface area contributed by atoms with Gasteiger partial charge in [0.25, 0.3) is 0 Å². The van der Waals surface area contributed by atoms with Crippen LogP contribution in [0.3, 0.4) is 0 Å². The molecule has 1 aliphatic rings. The quantitative estimate of drug-likeness (QED) is 0.748. The lowest BCUT2D eigenvalue weighted by molar-refractivity contribution is 0.0727. The number of rotatable bonds is 2. The summed E-state index contributed by atoms with van der Waals surface area (Å²) < 4.78 is 5.32. The summed E-state index contributed by atoms with van der Waals surface area (Å²) in [6.07, 6.45) is 0. The molecule has 2 rings (SSSR count). The molecule has 1 aromatic carbocycles. The average Bonchev–Trinajstić information content (AvgIpc) is 2.30. The molecule has 1 N–H and O–H groups in total. The molecule has 1 aromatic rings. The Balaban J connectivity index is 2.15. The van der Waals surface area contributed by atoms with Crippen LogP contribution >= 0.6 is 0 Å². The second-order valence-electron chi connectivity index (χ2n) is 3.36. The zero-order valence-corrected chi connectivity index (χ0v) is 8.02. The van der Waals surface area contributed by atoms with Gasteiger partial charge in [-0.3, -0.25) is 0 Å². The van der Waals surface area contributed by atoms with Crippen LogP contribution in [-0.4, -0.2) is 37.5 Å². The van der Waals surface area contributed by atoms with Crippen molar-refractivity contribution >= 4 is 5.69 Å². The SMILES string of the molecule is OCC1COCCN1c1cc[c]cc1. The van der Waals surface area contributed by atoms with Gasteiger partial charge in [0.05, 0.1) is 25.9 Å². The second kappa shape index (κ2) is 4.44. The molecule has 75 valence electrons. The number of morpholine rings is 1. The van der Waals surface area contributed by atoms with E-state index in [4.69, 9.17) is 4.74 Å². The van der Waals surface area contributed by atoms with Crippen LogP contribution in [0, 0.1) is 6.07 Å². The van der Waals surface area contributed by atoms with E-state index in [2.05, 4.69) is 11.0 Å². The van der Waals surface area contributed by atoms with Crippen molar-refractivity contribution in [3.63, 3.8) is 0 Å². The van der Waals surface area contributed by atoms with Crippen molar-refractivity contribution in [3.8, 4) is 0 Å². The van der Waals surface area contributed by atoms with Crippen LogP contribution in [-0.2, 0) is 4.74 Å². The Labute approximate surface area is 83.9 Å². The number of anilines is 1. The number of aliphatic hydroxyl groups is 1. The molecular formula is C11H14NO2. The third-order valence-electron chi connectivity index (χ3n) is 2.47. The number of hydrogen-bond donors (Lipinski definition) is 1. The van der Waals surface area contributed by atoms with Gasteiger partial charge in [0, 0.05) is 12.2 Å². The monoisotopic (exact) mass is 192 g/mol. The lowest BCUT2D eigenvalue weighted by Gasteiger charge is -2.36. The Hall–Kier alpha value is -1.06. The molecule has 14 heavy (non-hydrogen) atoms. The van der Waals surface area contributed by atoms with E-state index in [1.165, 1.54) is 0 Å². The first-order valence-electron chi connectivity index (χ1n) is 4.83. The van der Waals surface area contributed by atoms with Crippen LogP contribution in [0.1, 0.15) is 0 Å². The van der Waals surface area contributed by atoms with E-state index >= 15 is 0 Å². The standard InChI is InChI=1S/C11H14NO2/c13-8-11-9-14-7-6-12(11)10-4-2-1-3-5-10/h2-5,11,13H,6-9H2. The van der Waals surface area contributed by atoms with Crippen molar-refractivity contribution in [2.24, 2.45) is 0 Å². The smallest absolute Gasteiger partial charge is 0.0755 e. The zero-order chi connectivity index (χ0) is 9.80. The number of nitrogens with zero attached hydrogens (tertiary/aromatic N) is 1. The van der Waals surface area contributed by atoms with Crippen molar-refractivity contribution < 1.29 is 9.84 Å². The van der Waals surface area contributed by atoms with Crippen molar-refractivity contribution in [2.45, 2.75) is 6.04 Å². The van der Waals surface area contributed by atoms with Gasteiger partial charge in [0.1, 0.15) is 0 Å². The van der Waals surface area contributed by atoms with E-state index in [1.807, 2.05) is 24.3 Å². The van der Waals surface area contributed by atoms with Crippen molar-refractivity contribution in [3.05, 3.63) is 30.3 Å². The minimum absolute atomic E-state index is 0.0890. The molecule has 1 aliphatic heterocycles. The Morgan fingerprint density at radius 1 is 1.50 bits per heavy atom. The lowest BCUT2D eigenvalue weighted by atomic mass is 10.2. The fourth-order valence-corrected chi connectivity index (χ4v) is 1.72. The van der Waals surface area contributed by atoms with Gasteiger partial charge in [-0.05, 0) is 18.2 Å². The predicted octanol–water partition coefficient (Wildman–Crippen LogP) is 0.684. The molecule has 1 radical (unpaired) electrons. The van der Waals surface area contributed by atoms with Gasteiger partial charge >= 0.3 is 0 Å². The number of aliphatic hydroxyl groups excluding tert-OH is 1. The molecule has 3 heteroatoms. The Bertz CT molecular complexity index is 276. The lowest BCUT2D eigenvalue weighted by Crippen LogP contribution is -2.47. The van der Waals surface area contributed by atoms with Crippen LogP contribution in [0.5, 0.6) is 0 Å². The average molecular weight is 192 g/mol. The van der Waals surface area contributed by atoms with E-state index in [0.29, 0.717) is 6.61 Å². The summed E-state index contributed by atoms with van der Waals surface area (Å²) in [6.45, 7) is 2.32. The molecular weight excluding hydrogens is 178 g/mol. The summed E-state index contributed by atoms with van der Waals surface area (Å²) in [6, 6.07) is 10.9. The Morgan fingerprint density at radius 2 is 2.29 bits per heavy atom. The highest BCUT2D eigenvalue weighted by atomic mass is 16.5. The summed E-state index contributed by atoms with van der Waals surface area (Å²) in [5.74, 6) is 0. The number of benzene rings is 1. The molecule has 0 aromatic heterocycles. The topological polar surface area (TPSA) is 32.7 Å². The predicted molar refractivity (Wildman–Crippen MR) is 54.3 cm³/mol. The van der Waals surface area contributed by atoms with Crippen LogP contribution in [0.15, 0.2) is 24.3 Å². The Kier molecular flexibility index (Phi) is 3.01. The first-order valence-corrected chi connectivity index (χ1v) is 4.83. The summed E-state index contributed by atoms with van der Waals surface area (Å²) in [5.41, 5.74) is 1.13. The van der Waals surface area contributed by atoms with Gasteiger partial charge < -0.3 is 14.7 Å². The first kappa shape index (κ1) is 9.49. The summed E-state index contributed by atoms with van der Waals surface area (Å²) in [7, 11) is 0. The fourth-order valence-electron chi connectivity index (χ4n) is 1.72. The van der Waals surface area contributed by atoms with Crippen LogP contribution in [0.2, 0.25) is 0 Å². The minimum atomic E-state index is 0.0890. The van der Waals surface area contributed by atoms with E-state index < -0.39 is 0 Å². The molecule has 0 aliphatic carbocycles. The molecule has 0 amide bonds. The van der Waals surface area contributed by atoms with Gasteiger partial charge in [-0.2, -0.15) is 0 Å². The fraction of sp³-hybridized carbons (Fsp3) is 0.455. The van der Waals surface area contributed by atoms with E-state index in [1.54, 1.807) is 0 Å². The molecule has 1 fully saturated rings. The van der Waals surface area contributed by atoms with Crippen LogP contribution in [0.4, 0.5) is 5.69 Å². The molecule has 1 heterocycles. The maximum atomic E-state index is 9.19.